The number of piperazine rings is 1. The smallest absolute Gasteiger partial charge is 0.225 e. The molecule has 1 aliphatic heterocycles. The molecule has 29 heavy (non-hydrogen) atoms. The van der Waals surface area contributed by atoms with Gasteiger partial charge in [-0.25, -0.2) is 9.97 Å². The Balaban J connectivity index is 0.00000240. The van der Waals surface area contributed by atoms with E-state index in [0.717, 1.165) is 44.6 Å². The Morgan fingerprint density at radius 3 is 2.45 bits per heavy atom. The van der Waals surface area contributed by atoms with Gasteiger partial charge in [-0.3, -0.25) is 4.99 Å². The summed E-state index contributed by atoms with van der Waals surface area (Å²) in [6.45, 7) is 4.68. The molecular formula is C21H31IN6S. The van der Waals surface area contributed by atoms with E-state index in [9.17, 15) is 0 Å². The number of anilines is 1. The van der Waals surface area contributed by atoms with Crippen LogP contribution in [0.15, 0.2) is 41.0 Å². The SMILES string of the molecule is CN=C(NCC1(c2cccs2)CCCCC1)N1CCN(c2ncccn2)CC1.I. The molecule has 0 aromatic carbocycles. The van der Waals surface area contributed by atoms with Crippen LogP contribution in [0.25, 0.3) is 0 Å². The predicted octanol–water partition coefficient (Wildman–Crippen LogP) is 3.76. The fraction of sp³-hybridized carbons (Fsp3) is 0.571. The van der Waals surface area contributed by atoms with Crippen LogP contribution in [0.5, 0.6) is 0 Å². The summed E-state index contributed by atoms with van der Waals surface area (Å²) in [6.07, 6.45) is 10.2. The van der Waals surface area contributed by atoms with Crippen molar-refractivity contribution in [2.75, 3.05) is 44.7 Å². The molecule has 0 radical (unpaired) electrons. The third kappa shape index (κ3) is 5.20. The molecule has 158 valence electrons. The van der Waals surface area contributed by atoms with E-state index in [0.29, 0.717) is 0 Å². The highest BCUT2D eigenvalue weighted by Crippen LogP contribution is 2.41. The van der Waals surface area contributed by atoms with Gasteiger partial charge in [0.05, 0.1) is 0 Å². The molecule has 0 unspecified atom stereocenters. The maximum Gasteiger partial charge on any atom is 0.225 e. The largest absolute Gasteiger partial charge is 0.355 e. The lowest BCUT2D eigenvalue weighted by Crippen LogP contribution is -2.54. The summed E-state index contributed by atoms with van der Waals surface area (Å²) in [4.78, 5) is 19.5. The number of thiophene rings is 1. The molecule has 0 atom stereocenters. The van der Waals surface area contributed by atoms with Crippen molar-refractivity contribution < 1.29 is 0 Å². The molecule has 1 saturated carbocycles. The molecule has 1 aliphatic carbocycles. The van der Waals surface area contributed by atoms with Crippen LogP contribution in [0.1, 0.15) is 37.0 Å². The molecule has 2 fully saturated rings. The third-order valence-corrected chi connectivity index (χ3v) is 7.18. The van der Waals surface area contributed by atoms with Crippen molar-refractivity contribution in [1.82, 2.24) is 20.2 Å². The molecule has 1 saturated heterocycles. The molecule has 0 bridgehead atoms. The Morgan fingerprint density at radius 1 is 1.10 bits per heavy atom. The van der Waals surface area contributed by atoms with Crippen molar-refractivity contribution in [2.24, 2.45) is 4.99 Å². The first-order valence-electron chi connectivity index (χ1n) is 10.3. The summed E-state index contributed by atoms with van der Waals surface area (Å²) < 4.78 is 0. The summed E-state index contributed by atoms with van der Waals surface area (Å²) in [5.74, 6) is 1.85. The fourth-order valence-electron chi connectivity index (χ4n) is 4.47. The Labute approximate surface area is 194 Å². The van der Waals surface area contributed by atoms with Gasteiger partial charge in [-0.2, -0.15) is 0 Å². The van der Waals surface area contributed by atoms with Crippen molar-refractivity contribution in [1.29, 1.82) is 0 Å². The number of halogens is 1. The molecule has 3 heterocycles. The Morgan fingerprint density at radius 2 is 1.83 bits per heavy atom. The number of hydrogen-bond donors (Lipinski definition) is 1. The van der Waals surface area contributed by atoms with Crippen molar-refractivity contribution in [3.05, 3.63) is 40.8 Å². The first-order valence-corrected chi connectivity index (χ1v) is 11.2. The van der Waals surface area contributed by atoms with E-state index < -0.39 is 0 Å². The monoisotopic (exact) mass is 526 g/mol. The molecular weight excluding hydrogens is 495 g/mol. The molecule has 0 spiro atoms. The van der Waals surface area contributed by atoms with Gasteiger partial charge in [0, 0.05) is 62.5 Å². The molecule has 0 amide bonds. The summed E-state index contributed by atoms with van der Waals surface area (Å²) >= 11 is 1.91. The lowest BCUT2D eigenvalue weighted by molar-refractivity contribution is 0.289. The highest BCUT2D eigenvalue weighted by atomic mass is 127. The van der Waals surface area contributed by atoms with Gasteiger partial charge in [0.1, 0.15) is 0 Å². The molecule has 6 nitrogen and oxygen atoms in total. The summed E-state index contributed by atoms with van der Waals surface area (Å²) in [6, 6.07) is 6.37. The normalized spacial score (nSPS) is 19.6. The number of hydrogen-bond acceptors (Lipinski definition) is 5. The van der Waals surface area contributed by atoms with Crippen LogP contribution in [-0.4, -0.2) is 60.6 Å². The zero-order valence-electron chi connectivity index (χ0n) is 17.1. The summed E-state index contributed by atoms with van der Waals surface area (Å²) in [5, 5.41) is 5.94. The van der Waals surface area contributed by atoms with E-state index in [4.69, 9.17) is 0 Å². The molecule has 2 aromatic rings. The number of aliphatic imine (C=N–C) groups is 1. The summed E-state index contributed by atoms with van der Waals surface area (Å²) in [5.41, 5.74) is 0.266. The average Bonchev–Trinajstić information content (AvgIpc) is 3.32. The van der Waals surface area contributed by atoms with Gasteiger partial charge in [0.2, 0.25) is 5.95 Å². The fourth-order valence-corrected chi connectivity index (χ4v) is 5.46. The minimum atomic E-state index is 0. The van der Waals surface area contributed by atoms with Gasteiger partial charge in [-0.1, -0.05) is 25.3 Å². The average molecular weight is 526 g/mol. The quantitative estimate of drug-likeness (QED) is 0.374. The van der Waals surface area contributed by atoms with Crippen molar-refractivity contribution in [3.63, 3.8) is 0 Å². The van der Waals surface area contributed by atoms with Gasteiger partial charge in [-0.05, 0) is 30.4 Å². The van der Waals surface area contributed by atoms with E-state index in [1.807, 2.05) is 36.8 Å². The van der Waals surface area contributed by atoms with Crippen LogP contribution < -0.4 is 10.2 Å². The molecule has 2 aliphatic rings. The second-order valence-electron chi connectivity index (χ2n) is 7.74. The van der Waals surface area contributed by atoms with Crippen LogP contribution in [-0.2, 0) is 5.41 Å². The van der Waals surface area contributed by atoms with Gasteiger partial charge in [0.15, 0.2) is 5.96 Å². The van der Waals surface area contributed by atoms with E-state index in [-0.39, 0.29) is 29.4 Å². The van der Waals surface area contributed by atoms with Gasteiger partial charge in [-0.15, -0.1) is 35.3 Å². The number of rotatable bonds is 4. The topological polar surface area (TPSA) is 56.7 Å². The Hall–Kier alpha value is -1.42. The first-order chi connectivity index (χ1) is 13.8. The highest BCUT2D eigenvalue weighted by molar-refractivity contribution is 14.0. The minimum Gasteiger partial charge on any atom is -0.355 e. The third-order valence-electron chi connectivity index (χ3n) is 6.07. The Bertz CT molecular complexity index is 753. The van der Waals surface area contributed by atoms with Crippen molar-refractivity contribution in [2.45, 2.75) is 37.5 Å². The lowest BCUT2D eigenvalue weighted by atomic mass is 9.73. The number of nitrogens with zero attached hydrogens (tertiary/aromatic N) is 5. The minimum absolute atomic E-state index is 0. The van der Waals surface area contributed by atoms with Crippen LogP contribution in [0, 0.1) is 0 Å². The molecule has 2 aromatic heterocycles. The van der Waals surface area contributed by atoms with Gasteiger partial charge in [0.25, 0.3) is 0 Å². The second-order valence-corrected chi connectivity index (χ2v) is 8.69. The summed E-state index contributed by atoms with van der Waals surface area (Å²) in [7, 11) is 1.90. The maximum atomic E-state index is 4.59. The van der Waals surface area contributed by atoms with E-state index in [2.05, 4.69) is 47.6 Å². The highest BCUT2D eigenvalue weighted by Gasteiger charge is 2.35. The van der Waals surface area contributed by atoms with Crippen LogP contribution in [0.2, 0.25) is 0 Å². The van der Waals surface area contributed by atoms with Gasteiger partial charge < -0.3 is 15.1 Å². The molecule has 1 N–H and O–H groups in total. The standard InChI is InChI=1S/C21H30N6S.HI/c1-22-19(26-12-14-27(15-13-26)20-23-10-6-11-24-20)25-17-21(8-3-2-4-9-21)18-7-5-16-28-18;/h5-7,10-11,16H,2-4,8-9,12-15,17H2,1H3,(H,22,25);1H. The molecule has 4 rings (SSSR count). The first kappa shape index (κ1) is 22.3. The predicted molar refractivity (Wildman–Crippen MR) is 132 cm³/mol. The van der Waals surface area contributed by atoms with Gasteiger partial charge >= 0.3 is 0 Å². The van der Waals surface area contributed by atoms with Crippen LogP contribution in [0.3, 0.4) is 0 Å². The number of nitrogens with one attached hydrogen (secondary N) is 1. The molecule has 8 heteroatoms. The van der Waals surface area contributed by atoms with Crippen molar-refractivity contribution >= 4 is 47.2 Å². The zero-order chi connectivity index (χ0) is 19.2. The van der Waals surface area contributed by atoms with Crippen LogP contribution in [0.4, 0.5) is 5.95 Å². The van der Waals surface area contributed by atoms with Crippen molar-refractivity contribution in [3.8, 4) is 0 Å². The van der Waals surface area contributed by atoms with E-state index in [1.165, 1.54) is 37.0 Å². The van der Waals surface area contributed by atoms with E-state index >= 15 is 0 Å². The zero-order valence-corrected chi connectivity index (χ0v) is 20.2. The lowest BCUT2D eigenvalue weighted by Gasteiger charge is -2.40. The van der Waals surface area contributed by atoms with Crippen LogP contribution >= 0.6 is 35.3 Å². The Kier molecular flexibility index (Phi) is 8.11. The number of aromatic nitrogens is 2. The number of guanidine groups is 1. The maximum absolute atomic E-state index is 4.59. The van der Waals surface area contributed by atoms with E-state index in [1.54, 1.807) is 0 Å². The second kappa shape index (κ2) is 10.6.